The van der Waals surface area contributed by atoms with Crippen molar-refractivity contribution in [1.29, 1.82) is 0 Å². The lowest BCUT2D eigenvalue weighted by Gasteiger charge is -2.15. The third-order valence-corrected chi connectivity index (χ3v) is 3.29. The van der Waals surface area contributed by atoms with Crippen molar-refractivity contribution in [2.24, 2.45) is 0 Å². The van der Waals surface area contributed by atoms with Gasteiger partial charge in [0.2, 0.25) is 17.8 Å². The van der Waals surface area contributed by atoms with E-state index in [1.54, 1.807) is 0 Å². The van der Waals surface area contributed by atoms with Crippen molar-refractivity contribution in [2.45, 2.75) is 13.0 Å². The van der Waals surface area contributed by atoms with E-state index in [4.69, 9.17) is 11.5 Å². The van der Waals surface area contributed by atoms with Gasteiger partial charge >= 0.3 is 0 Å². The summed E-state index contributed by atoms with van der Waals surface area (Å²) >= 11 is 0. The molecule has 0 aliphatic carbocycles. The van der Waals surface area contributed by atoms with Gasteiger partial charge in [-0.05, 0) is 29.3 Å². The van der Waals surface area contributed by atoms with Gasteiger partial charge in [-0.25, -0.2) is 0 Å². The number of benzene rings is 2. The van der Waals surface area contributed by atoms with Crippen molar-refractivity contribution in [3.05, 3.63) is 48.0 Å². The zero-order valence-electron chi connectivity index (χ0n) is 11.6. The van der Waals surface area contributed by atoms with E-state index in [1.165, 1.54) is 10.8 Å². The second-order valence-electron chi connectivity index (χ2n) is 4.85. The lowest BCUT2D eigenvalue weighted by molar-refractivity contribution is 0.859. The standard InChI is InChI=1S/C15H16N6/c1-9(18-15-20-13(16)19-14(17)21-15)11-7-6-10-4-2-3-5-12(10)8-11/h2-9H,1H3,(H5,16,17,18,19,20,21). The van der Waals surface area contributed by atoms with Crippen LogP contribution in [0.5, 0.6) is 0 Å². The summed E-state index contributed by atoms with van der Waals surface area (Å²) in [6, 6.07) is 14.6. The van der Waals surface area contributed by atoms with Crippen molar-refractivity contribution in [3.63, 3.8) is 0 Å². The smallest absolute Gasteiger partial charge is 0.229 e. The summed E-state index contributed by atoms with van der Waals surface area (Å²) in [4.78, 5) is 11.8. The first-order valence-corrected chi connectivity index (χ1v) is 6.64. The van der Waals surface area contributed by atoms with Crippen molar-refractivity contribution < 1.29 is 0 Å². The molecule has 1 unspecified atom stereocenters. The van der Waals surface area contributed by atoms with Crippen LogP contribution in [0.1, 0.15) is 18.5 Å². The number of nitrogens with two attached hydrogens (primary N) is 2. The molecule has 3 rings (SSSR count). The van der Waals surface area contributed by atoms with Crippen LogP contribution in [0.25, 0.3) is 10.8 Å². The van der Waals surface area contributed by atoms with Gasteiger partial charge in [0.1, 0.15) is 0 Å². The van der Waals surface area contributed by atoms with E-state index in [-0.39, 0.29) is 17.9 Å². The van der Waals surface area contributed by atoms with Crippen molar-refractivity contribution in [1.82, 2.24) is 15.0 Å². The first-order chi connectivity index (χ1) is 10.1. The van der Waals surface area contributed by atoms with E-state index in [9.17, 15) is 0 Å². The molecule has 0 radical (unpaired) electrons. The number of nitrogens with zero attached hydrogens (tertiary/aromatic N) is 3. The molecule has 106 valence electrons. The molecule has 6 nitrogen and oxygen atoms in total. The van der Waals surface area contributed by atoms with Gasteiger partial charge in [-0.15, -0.1) is 0 Å². The Bertz CT molecular complexity index is 766. The zero-order chi connectivity index (χ0) is 14.8. The van der Waals surface area contributed by atoms with Crippen LogP contribution < -0.4 is 16.8 Å². The highest BCUT2D eigenvalue weighted by atomic mass is 15.2. The number of nitrogens with one attached hydrogen (secondary N) is 1. The van der Waals surface area contributed by atoms with Crippen LogP contribution in [0.15, 0.2) is 42.5 Å². The fourth-order valence-corrected chi connectivity index (χ4v) is 2.23. The molecule has 0 saturated heterocycles. The maximum absolute atomic E-state index is 5.57. The molecule has 0 bridgehead atoms. The molecule has 5 N–H and O–H groups in total. The first-order valence-electron chi connectivity index (χ1n) is 6.64. The summed E-state index contributed by atoms with van der Waals surface area (Å²) in [6.07, 6.45) is 0. The molecule has 21 heavy (non-hydrogen) atoms. The Hall–Kier alpha value is -2.89. The highest BCUT2D eigenvalue weighted by Crippen LogP contribution is 2.22. The molecule has 1 heterocycles. The molecular weight excluding hydrogens is 264 g/mol. The maximum Gasteiger partial charge on any atom is 0.229 e. The van der Waals surface area contributed by atoms with Crippen LogP contribution in [0.4, 0.5) is 17.8 Å². The number of anilines is 3. The highest BCUT2D eigenvalue weighted by Gasteiger charge is 2.09. The van der Waals surface area contributed by atoms with Gasteiger partial charge in [-0.2, -0.15) is 15.0 Å². The summed E-state index contributed by atoms with van der Waals surface area (Å²) in [7, 11) is 0. The molecule has 1 aromatic heterocycles. The second-order valence-corrected chi connectivity index (χ2v) is 4.85. The van der Waals surface area contributed by atoms with Crippen LogP contribution in [0.2, 0.25) is 0 Å². The summed E-state index contributed by atoms with van der Waals surface area (Å²) in [6.45, 7) is 2.03. The monoisotopic (exact) mass is 280 g/mol. The average molecular weight is 280 g/mol. The number of aromatic nitrogens is 3. The number of fused-ring (bicyclic) bond motifs is 1. The normalized spacial score (nSPS) is 12.2. The summed E-state index contributed by atoms with van der Waals surface area (Å²) in [5, 5.41) is 5.59. The molecular formula is C15H16N6. The molecule has 0 aliphatic rings. The number of hydrogen-bond donors (Lipinski definition) is 3. The Morgan fingerprint density at radius 2 is 1.57 bits per heavy atom. The van der Waals surface area contributed by atoms with Gasteiger partial charge in [0, 0.05) is 0 Å². The molecule has 0 aliphatic heterocycles. The quantitative estimate of drug-likeness (QED) is 0.680. The Morgan fingerprint density at radius 3 is 2.29 bits per heavy atom. The van der Waals surface area contributed by atoms with Crippen molar-refractivity contribution in [3.8, 4) is 0 Å². The Labute approximate surface area is 122 Å². The SMILES string of the molecule is CC(Nc1nc(N)nc(N)n1)c1ccc2ccccc2c1. The summed E-state index contributed by atoms with van der Waals surface area (Å²) in [5.41, 5.74) is 12.3. The Kier molecular flexibility index (Phi) is 3.27. The van der Waals surface area contributed by atoms with E-state index >= 15 is 0 Å². The molecule has 3 aromatic rings. The van der Waals surface area contributed by atoms with Crippen LogP contribution >= 0.6 is 0 Å². The third kappa shape index (κ3) is 2.84. The van der Waals surface area contributed by atoms with Gasteiger partial charge in [0.25, 0.3) is 0 Å². The van der Waals surface area contributed by atoms with Gasteiger partial charge in [-0.3, -0.25) is 0 Å². The Balaban J connectivity index is 1.87. The zero-order valence-corrected chi connectivity index (χ0v) is 11.6. The topological polar surface area (TPSA) is 103 Å². The number of hydrogen-bond acceptors (Lipinski definition) is 6. The van der Waals surface area contributed by atoms with Crippen molar-refractivity contribution >= 4 is 28.6 Å². The average Bonchev–Trinajstić information content (AvgIpc) is 2.45. The van der Waals surface area contributed by atoms with Crippen molar-refractivity contribution in [2.75, 3.05) is 16.8 Å². The molecule has 6 heteroatoms. The van der Waals surface area contributed by atoms with E-state index in [2.05, 4.69) is 50.6 Å². The lowest BCUT2D eigenvalue weighted by Crippen LogP contribution is -2.12. The van der Waals surface area contributed by atoms with Gasteiger partial charge in [0.15, 0.2) is 0 Å². The summed E-state index contributed by atoms with van der Waals surface area (Å²) in [5.74, 6) is 0.590. The highest BCUT2D eigenvalue weighted by molar-refractivity contribution is 5.83. The largest absolute Gasteiger partial charge is 0.368 e. The third-order valence-electron chi connectivity index (χ3n) is 3.29. The van der Waals surface area contributed by atoms with E-state index in [1.807, 2.05) is 19.1 Å². The minimum absolute atomic E-state index is 0.0239. The van der Waals surface area contributed by atoms with Gasteiger partial charge in [-0.1, -0.05) is 36.4 Å². The first kappa shape index (κ1) is 13.1. The summed E-state index contributed by atoms with van der Waals surface area (Å²) < 4.78 is 0. The maximum atomic E-state index is 5.57. The number of rotatable bonds is 3. The fourth-order valence-electron chi connectivity index (χ4n) is 2.23. The number of nitrogen functional groups attached to an aromatic ring is 2. The lowest BCUT2D eigenvalue weighted by atomic mass is 10.0. The van der Waals surface area contributed by atoms with Crippen LogP contribution in [-0.2, 0) is 0 Å². The molecule has 2 aromatic carbocycles. The second kappa shape index (κ2) is 5.24. The van der Waals surface area contributed by atoms with E-state index < -0.39 is 0 Å². The molecule has 1 atom stereocenters. The minimum atomic E-state index is 0.0239. The van der Waals surface area contributed by atoms with Gasteiger partial charge < -0.3 is 16.8 Å². The Morgan fingerprint density at radius 1 is 0.905 bits per heavy atom. The van der Waals surface area contributed by atoms with Gasteiger partial charge in [0.05, 0.1) is 6.04 Å². The minimum Gasteiger partial charge on any atom is -0.368 e. The predicted octanol–water partition coefficient (Wildman–Crippen LogP) is 2.36. The van der Waals surface area contributed by atoms with Crippen LogP contribution in [-0.4, -0.2) is 15.0 Å². The fraction of sp³-hybridized carbons (Fsp3) is 0.133. The van der Waals surface area contributed by atoms with E-state index in [0.29, 0.717) is 5.95 Å². The molecule has 0 fully saturated rings. The van der Waals surface area contributed by atoms with Crippen LogP contribution in [0, 0.1) is 0 Å². The molecule has 0 spiro atoms. The molecule has 0 amide bonds. The van der Waals surface area contributed by atoms with E-state index in [0.717, 1.165) is 5.56 Å². The predicted molar refractivity (Wildman–Crippen MR) is 84.6 cm³/mol. The molecule has 0 saturated carbocycles. The van der Waals surface area contributed by atoms with Crippen LogP contribution in [0.3, 0.4) is 0 Å².